The molecule has 0 aliphatic heterocycles. The van der Waals surface area contributed by atoms with Crippen LogP contribution in [0.4, 0.5) is 0 Å². The van der Waals surface area contributed by atoms with Crippen molar-refractivity contribution in [3.05, 3.63) is 47.5 Å². The number of nitrogens with zero attached hydrogens (tertiary/aromatic N) is 3. The molecule has 2 rings (SSSR count). The van der Waals surface area contributed by atoms with Crippen molar-refractivity contribution in [3.63, 3.8) is 0 Å². The van der Waals surface area contributed by atoms with E-state index in [2.05, 4.69) is 10.1 Å². The number of aliphatic hydroxyl groups is 1. The Bertz CT molecular complexity index is 479. The average molecular weight is 231 g/mol. The second-order valence-corrected chi connectivity index (χ2v) is 4.14. The topological polar surface area (TPSA) is 50.9 Å². The Balaban J connectivity index is 2.17. The minimum absolute atomic E-state index is 0.511. The molecule has 0 aliphatic rings. The second kappa shape index (κ2) is 5.10. The molecule has 0 saturated heterocycles. The highest BCUT2D eigenvalue weighted by molar-refractivity contribution is 5.22. The van der Waals surface area contributed by atoms with Crippen molar-refractivity contribution in [2.45, 2.75) is 25.9 Å². The van der Waals surface area contributed by atoms with Gasteiger partial charge in [-0.15, -0.1) is 0 Å². The first kappa shape index (κ1) is 11.8. The quantitative estimate of drug-likeness (QED) is 0.870. The smallest absolute Gasteiger partial charge is 0.0864 e. The van der Waals surface area contributed by atoms with Crippen molar-refractivity contribution in [2.24, 2.45) is 7.05 Å². The van der Waals surface area contributed by atoms with Gasteiger partial charge in [-0.25, -0.2) is 0 Å². The molecule has 2 heterocycles. The molecule has 2 aromatic heterocycles. The van der Waals surface area contributed by atoms with Gasteiger partial charge in [-0.2, -0.15) is 5.10 Å². The molecule has 4 heteroatoms. The van der Waals surface area contributed by atoms with E-state index in [1.165, 1.54) is 0 Å². The molecule has 0 aromatic carbocycles. The molecule has 0 radical (unpaired) electrons. The van der Waals surface area contributed by atoms with Crippen molar-refractivity contribution in [2.75, 3.05) is 0 Å². The van der Waals surface area contributed by atoms with Gasteiger partial charge in [0.1, 0.15) is 0 Å². The molecule has 2 aromatic rings. The summed E-state index contributed by atoms with van der Waals surface area (Å²) in [7, 11) is 1.87. The van der Waals surface area contributed by atoms with Crippen LogP contribution in [0.25, 0.3) is 0 Å². The van der Waals surface area contributed by atoms with Crippen molar-refractivity contribution >= 4 is 0 Å². The summed E-state index contributed by atoms with van der Waals surface area (Å²) >= 11 is 0. The molecule has 4 nitrogen and oxygen atoms in total. The normalized spacial score (nSPS) is 12.6. The van der Waals surface area contributed by atoms with Gasteiger partial charge in [-0.05, 0) is 18.1 Å². The highest BCUT2D eigenvalue weighted by Gasteiger charge is 2.15. The van der Waals surface area contributed by atoms with Crippen LogP contribution in [0, 0.1) is 0 Å². The summed E-state index contributed by atoms with van der Waals surface area (Å²) in [6.45, 7) is 2.04. The molecule has 17 heavy (non-hydrogen) atoms. The zero-order chi connectivity index (χ0) is 12.3. The van der Waals surface area contributed by atoms with E-state index < -0.39 is 6.10 Å². The Morgan fingerprint density at radius 2 is 2.29 bits per heavy atom. The van der Waals surface area contributed by atoms with Crippen LogP contribution in [0.2, 0.25) is 0 Å². The van der Waals surface area contributed by atoms with Crippen LogP contribution < -0.4 is 0 Å². The van der Waals surface area contributed by atoms with E-state index in [9.17, 15) is 5.11 Å². The number of rotatable bonds is 4. The fraction of sp³-hybridized carbons (Fsp3) is 0.385. The number of hydrogen-bond acceptors (Lipinski definition) is 3. The summed E-state index contributed by atoms with van der Waals surface area (Å²) in [6, 6.07) is 3.85. The summed E-state index contributed by atoms with van der Waals surface area (Å²) < 4.78 is 1.75. The molecule has 0 fully saturated rings. The monoisotopic (exact) mass is 231 g/mol. The number of aryl methyl sites for hydroxylation is 2. The first-order chi connectivity index (χ1) is 8.20. The van der Waals surface area contributed by atoms with E-state index >= 15 is 0 Å². The fourth-order valence-electron chi connectivity index (χ4n) is 1.96. The fourth-order valence-corrected chi connectivity index (χ4v) is 1.96. The minimum atomic E-state index is -0.511. The molecule has 90 valence electrons. The number of hydrogen-bond donors (Lipinski definition) is 1. The third-order valence-electron chi connectivity index (χ3n) is 2.78. The largest absolute Gasteiger partial charge is 0.388 e. The second-order valence-electron chi connectivity index (χ2n) is 4.14. The SMILES string of the molecule is CCc1nn(C)cc1C(O)Cc1cccnc1. The molecule has 1 atom stereocenters. The van der Waals surface area contributed by atoms with Crippen LogP contribution in [0.3, 0.4) is 0 Å². The van der Waals surface area contributed by atoms with E-state index in [0.717, 1.165) is 23.2 Å². The summed E-state index contributed by atoms with van der Waals surface area (Å²) in [5.74, 6) is 0. The van der Waals surface area contributed by atoms with Crippen molar-refractivity contribution < 1.29 is 5.11 Å². The first-order valence-electron chi connectivity index (χ1n) is 5.80. The van der Waals surface area contributed by atoms with Gasteiger partial charge in [0.15, 0.2) is 0 Å². The molecule has 0 aliphatic carbocycles. The van der Waals surface area contributed by atoms with Gasteiger partial charge < -0.3 is 5.11 Å². The maximum absolute atomic E-state index is 10.2. The number of pyridine rings is 1. The zero-order valence-corrected chi connectivity index (χ0v) is 10.2. The lowest BCUT2D eigenvalue weighted by Gasteiger charge is -2.09. The summed E-state index contributed by atoms with van der Waals surface area (Å²) in [6.07, 6.45) is 6.30. The van der Waals surface area contributed by atoms with Gasteiger partial charge in [0, 0.05) is 37.6 Å². The Kier molecular flexibility index (Phi) is 3.54. The van der Waals surface area contributed by atoms with Crippen molar-refractivity contribution in [1.82, 2.24) is 14.8 Å². The molecular formula is C13H17N3O. The number of aromatic nitrogens is 3. The van der Waals surface area contributed by atoms with Crippen LogP contribution in [0.15, 0.2) is 30.7 Å². The predicted octanol–water partition coefficient (Wildman–Crippen LogP) is 1.65. The third kappa shape index (κ3) is 2.71. The molecule has 0 spiro atoms. The van der Waals surface area contributed by atoms with E-state index in [0.29, 0.717) is 6.42 Å². The standard InChI is InChI=1S/C13H17N3O/c1-3-12-11(9-16(2)15-12)13(17)7-10-5-4-6-14-8-10/h4-6,8-9,13,17H,3,7H2,1-2H3. The molecule has 0 saturated carbocycles. The summed E-state index contributed by atoms with van der Waals surface area (Å²) in [5.41, 5.74) is 2.91. The molecule has 0 bridgehead atoms. The first-order valence-corrected chi connectivity index (χ1v) is 5.80. The minimum Gasteiger partial charge on any atom is -0.388 e. The van der Waals surface area contributed by atoms with Crippen LogP contribution in [0.1, 0.15) is 29.8 Å². The predicted molar refractivity (Wildman–Crippen MR) is 65.5 cm³/mol. The Hall–Kier alpha value is -1.68. The van der Waals surface area contributed by atoms with Crippen LogP contribution in [-0.2, 0) is 19.9 Å². The number of aliphatic hydroxyl groups excluding tert-OH is 1. The van der Waals surface area contributed by atoms with Gasteiger partial charge in [-0.3, -0.25) is 9.67 Å². The average Bonchev–Trinajstić information content (AvgIpc) is 2.72. The summed E-state index contributed by atoms with van der Waals surface area (Å²) in [4.78, 5) is 4.05. The van der Waals surface area contributed by atoms with E-state index in [-0.39, 0.29) is 0 Å². The highest BCUT2D eigenvalue weighted by Crippen LogP contribution is 2.21. The van der Waals surface area contributed by atoms with E-state index in [4.69, 9.17) is 0 Å². The van der Waals surface area contributed by atoms with E-state index in [1.807, 2.05) is 32.3 Å². The maximum Gasteiger partial charge on any atom is 0.0864 e. The Morgan fingerprint density at radius 1 is 1.47 bits per heavy atom. The summed E-state index contributed by atoms with van der Waals surface area (Å²) in [5, 5.41) is 14.6. The lowest BCUT2D eigenvalue weighted by atomic mass is 10.0. The molecular weight excluding hydrogens is 214 g/mol. The van der Waals surface area contributed by atoms with Gasteiger partial charge in [0.2, 0.25) is 0 Å². The van der Waals surface area contributed by atoms with Crippen molar-refractivity contribution in [3.8, 4) is 0 Å². The lowest BCUT2D eigenvalue weighted by Crippen LogP contribution is -2.03. The van der Waals surface area contributed by atoms with Gasteiger partial charge >= 0.3 is 0 Å². The van der Waals surface area contributed by atoms with Crippen LogP contribution in [0.5, 0.6) is 0 Å². The zero-order valence-electron chi connectivity index (χ0n) is 10.2. The molecule has 1 N–H and O–H groups in total. The highest BCUT2D eigenvalue weighted by atomic mass is 16.3. The van der Waals surface area contributed by atoms with Crippen LogP contribution >= 0.6 is 0 Å². The van der Waals surface area contributed by atoms with Gasteiger partial charge in [-0.1, -0.05) is 13.0 Å². The maximum atomic E-state index is 10.2. The molecule has 1 unspecified atom stereocenters. The Labute approximate surface area is 101 Å². The Morgan fingerprint density at radius 3 is 2.94 bits per heavy atom. The van der Waals surface area contributed by atoms with Crippen molar-refractivity contribution in [1.29, 1.82) is 0 Å². The van der Waals surface area contributed by atoms with Crippen LogP contribution in [-0.4, -0.2) is 19.9 Å². The van der Waals surface area contributed by atoms with E-state index in [1.54, 1.807) is 17.1 Å². The molecule has 0 amide bonds. The lowest BCUT2D eigenvalue weighted by molar-refractivity contribution is 0.177. The third-order valence-corrected chi connectivity index (χ3v) is 2.78. The van der Waals surface area contributed by atoms with Gasteiger partial charge in [0.05, 0.1) is 11.8 Å². The van der Waals surface area contributed by atoms with Gasteiger partial charge in [0.25, 0.3) is 0 Å².